The number of nitrogens with zero attached hydrogens (tertiary/aromatic N) is 3. The lowest BCUT2D eigenvalue weighted by Gasteiger charge is -2.13. The zero-order valence-electron chi connectivity index (χ0n) is 15.6. The summed E-state index contributed by atoms with van der Waals surface area (Å²) in [6.07, 6.45) is 0. The zero-order valence-corrected chi connectivity index (χ0v) is 15.6. The van der Waals surface area contributed by atoms with Crippen LogP contribution >= 0.6 is 0 Å². The van der Waals surface area contributed by atoms with Crippen molar-refractivity contribution in [2.45, 2.75) is 13.8 Å². The highest BCUT2D eigenvalue weighted by Gasteiger charge is 2.11. The van der Waals surface area contributed by atoms with Crippen molar-refractivity contribution in [3.8, 4) is 6.01 Å². The van der Waals surface area contributed by atoms with Gasteiger partial charge in [0.15, 0.2) is 0 Å². The lowest BCUT2D eigenvalue weighted by Crippen LogP contribution is -2.09. The number of para-hydroxylation sites is 2. The molecule has 2 aromatic carbocycles. The minimum absolute atomic E-state index is 0.0533. The van der Waals surface area contributed by atoms with Gasteiger partial charge in [-0.2, -0.15) is 15.0 Å². The first-order valence-electron chi connectivity index (χ1n) is 8.51. The predicted octanol–water partition coefficient (Wildman–Crippen LogP) is 3.03. The van der Waals surface area contributed by atoms with Crippen LogP contribution in [0.2, 0.25) is 0 Å². The largest absolute Gasteiger partial charge is 0.479 e. The molecule has 10 heteroatoms. The van der Waals surface area contributed by atoms with E-state index in [1.54, 1.807) is 37.3 Å². The Morgan fingerprint density at radius 3 is 2.10 bits per heavy atom. The number of anilines is 5. The van der Waals surface area contributed by atoms with Crippen LogP contribution < -0.4 is 16.0 Å². The summed E-state index contributed by atoms with van der Waals surface area (Å²) < 4.78 is 0. The number of hydrogen-bond donors (Lipinski definition) is 5. The maximum Gasteiger partial charge on any atom is 0.335 e. The van der Waals surface area contributed by atoms with Gasteiger partial charge in [0.25, 0.3) is 0 Å². The van der Waals surface area contributed by atoms with Gasteiger partial charge in [-0.15, -0.1) is 0 Å². The van der Waals surface area contributed by atoms with E-state index in [-0.39, 0.29) is 23.4 Å². The fourth-order valence-electron chi connectivity index (χ4n) is 2.55. The first-order chi connectivity index (χ1) is 13.8. The van der Waals surface area contributed by atoms with E-state index in [1.807, 2.05) is 0 Å². The number of amides is 1. The Morgan fingerprint density at radius 1 is 0.897 bits per heavy atom. The first kappa shape index (κ1) is 19.5. The molecule has 3 rings (SSSR count). The van der Waals surface area contributed by atoms with Crippen LogP contribution in [0.25, 0.3) is 0 Å². The Morgan fingerprint density at radius 2 is 1.52 bits per heavy atom. The third kappa shape index (κ3) is 4.95. The number of benzene rings is 2. The number of aryl methyl sites for hydroxylation is 1. The van der Waals surface area contributed by atoms with Gasteiger partial charge in [0.2, 0.25) is 17.8 Å². The monoisotopic (exact) mass is 394 g/mol. The van der Waals surface area contributed by atoms with Crippen molar-refractivity contribution < 1.29 is 19.8 Å². The molecule has 0 saturated carbocycles. The van der Waals surface area contributed by atoms with Crippen LogP contribution in [0.5, 0.6) is 6.01 Å². The lowest BCUT2D eigenvalue weighted by atomic mass is 10.1. The van der Waals surface area contributed by atoms with Crippen molar-refractivity contribution >= 4 is 40.8 Å². The number of aromatic hydroxyl groups is 1. The quantitative estimate of drug-likeness (QED) is 0.425. The smallest absolute Gasteiger partial charge is 0.335 e. The standard InChI is InChI=1S/C19H18N6O4/c1-10-9-12(16(27)28)7-8-13(10)21-17-23-18(25-19(29)24-17)22-15-6-4-3-5-14(15)20-11(2)26/h3-9H,1-2H3,(H,20,26)(H,27,28)(H3,21,22,23,24,25,29). The van der Waals surface area contributed by atoms with Gasteiger partial charge in [0.1, 0.15) is 0 Å². The number of aromatic nitrogens is 3. The van der Waals surface area contributed by atoms with Crippen LogP contribution in [0, 0.1) is 6.92 Å². The first-order valence-corrected chi connectivity index (χ1v) is 8.51. The molecule has 0 bridgehead atoms. The van der Waals surface area contributed by atoms with Crippen molar-refractivity contribution in [3.05, 3.63) is 53.6 Å². The molecule has 1 aromatic heterocycles. The molecular formula is C19H18N6O4. The predicted molar refractivity (Wildman–Crippen MR) is 107 cm³/mol. The molecule has 0 fully saturated rings. The summed E-state index contributed by atoms with van der Waals surface area (Å²) in [5.74, 6) is -1.15. The van der Waals surface area contributed by atoms with Gasteiger partial charge >= 0.3 is 12.0 Å². The van der Waals surface area contributed by atoms with Crippen LogP contribution in [0.3, 0.4) is 0 Å². The van der Waals surface area contributed by atoms with E-state index in [4.69, 9.17) is 5.11 Å². The highest BCUT2D eigenvalue weighted by atomic mass is 16.4. The normalized spacial score (nSPS) is 10.3. The Kier molecular flexibility index (Phi) is 5.54. The minimum atomic E-state index is -1.03. The van der Waals surface area contributed by atoms with Gasteiger partial charge in [-0.05, 0) is 42.8 Å². The van der Waals surface area contributed by atoms with Crippen molar-refractivity contribution in [1.82, 2.24) is 15.0 Å². The molecule has 1 amide bonds. The average Bonchev–Trinajstić information content (AvgIpc) is 2.64. The summed E-state index contributed by atoms with van der Waals surface area (Å²) in [5.41, 5.74) is 2.44. The van der Waals surface area contributed by atoms with Gasteiger partial charge in [0.05, 0.1) is 16.9 Å². The summed E-state index contributed by atoms with van der Waals surface area (Å²) in [6, 6.07) is 11.0. The third-order valence-corrected chi connectivity index (χ3v) is 3.83. The van der Waals surface area contributed by atoms with Crippen LogP contribution in [0.1, 0.15) is 22.8 Å². The number of aromatic carboxylic acids is 1. The van der Waals surface area contributed by atoms with Gasteiger partial charge in [-0.3, -0.25) is 4.79 Å². The second kappa shape index (κ2) is 8.21. The minimum Gasteiger partial charge on any atom is -0.479 e. The van der Waals surface area contributed by atoms with E-state index < -0.39 is 12.0 Å². The molecule has 0 atom stereocenters. The van der Waals surface area contributed by atoms with Gasteiger partial charge < -0.3 is 26.2 Å². The van der Waals surface area contributed by atoms with Gasteiger partial charge in [-0.25, -0.2) is 4.79 Å². The van der Waals surface area contributed by atoms with Crippen molar-refractivity contribution in [2.75, 3.05) is 16.0 Å². The summed E-state index contributed by atoms with van der Waals surface area (Å²) in [6.45, 7) is 3.13. The Bertz CT molecular complexity index is 1090. The Labute approximate surface area is 165 Å². The Balaban J connectivity index is 1.86. The van der Waals surface area contributed by atoms with Gasteiger partial charge in [-0.1, -0.05) is 12.1 Å². The van der Waals surface area contributed by atoms with E-state index in [0.717, 1.165) is 0 Å². The van der Waals surface area contributed by atoms with E-state index in [0.29, 0.717) is 22.6 Å². The second-order valence-corrected chi connectivity index (χ2v) is 6.09. The molecule has 3 aromatic rings. The van der Waals surface area contributed by atoms with Crippen molar-refractivity contribution in [3.63, 3.8) is 0 Å². The highest BCUT2D eigenvalue weighted by Crippen LogP contribution is 2.26. The topological polar surface area (TPSA) is 149 Å². The highest BCUT2D eigenvalue weighted by molar-refractivity contribution is 5.93. The fourth-order valence-corrected chi connectivity index (χ4v) is 2.55. The van der Waals surface area contributed by atoms with E-state index >= 15 is 0 Å². The van der Waals surface area contributed by atoms with Crippen LogP contribution in [-0.2, 0) is 4.79 Å². The number of carboxylic acids is 1. The number of hydrogen-bond acceptors (Lipinski definition) is 8. The fraction of sp³-hybridized carbons (Fsp3) is 0.105. The maximum absolute atomic E-state index is 11.4. The van der Waals surface area contributed by atoms with Gasteiger partial charge in [0, 0.05) is 12.6 Å². The van der Waals surface area contributed by atoms with Crippen LogP contribution in [-0.4, -0.2) is 37.0 Å². The molecule has 0 saturated heterocycles. The SMILES string of the molecule is CC(=O)Nc1ccccc1Nc1nc(O)nc(Nc2ccc(C(=O)O)cc2C)n1. The summed E-state index contributed by atoms with van der Waals surface area (Å²) in [7, 11) is 0. The molecule has 0 aliphatic heterocycles. The van der Waals surface area contributed by atoms with E-state index in [9.17, 15) is 14.7 Å². The average molecular weight is 394 g/mol. The van der Waals surface area contributed by atoms with Crippen molar-refractivity contribution in [1.29, 1.82) is 0 Å². The summed E-state index contributed by atoms with van der Waals surface area (Å²) in [4.78, 5) is 34.3. The van der Waals surface area contributed by atoms with Crippen LogP contribution in [0.4, 0.5) is 29.0 Å². The van der Waals surface area contributed by atoms with E-state index in [1.165, 1.54) is 19.1 Å². The Hall–Kier alpha value is -4.21. The lowest BCUT2D eigenvalue weighted by molar-refractivity contribution is -0.114. The number of carbonyl (C=O) groups excluding carboxylic acids is 1. The van der Waals surface area contributed by atoms with Crippen molar-refractivity contribution in [2.24, 2.45) is 0 Å². The van der Waals surface area contributed by atoms with E-state index in [2.05, 4.69) is 30.9 Å². The molecule has 148 valence electrons. The summed E-state index contributed by atoms with van der Waals surface area (Å²) in [5, 5.41) is 27.5. The molecule has 10 nitrogen and oxygen atoms in total. The molecule has 0 aliphatic carbocycles. The molecule has 29 heavy (non-hydrogen) atoms. The summed E-state index contributed by atoms with van der Waals surface area (Å²) >= 11 is 0. The molecule has 0 spiro atoms. The number of carbonyl (C=O) groups is 2. The second-order valence-electron chi connectivity index (χ2n) is 6.09. The molecule has 1 heterocycles. The third-order valence-electron chi connectivity index (χ3n) is 3.83. The molecule has 5 N–H and O–H groups in total. The molecular weight excluding hydrogens is 376 g/mol. The number of rotatable bonds is 6. The molecule has 0 radical (unpaired) electrons. The molecule has 0 aliphatic rings. The zero-order chi connectivity index (χ0) is 21.0. The number of carboxylic acid groups (broad SMARTS) is 1. The number of nitrogens with one attached hydrogen (secondary N) is 3. The van der Waals surface area contributed by atoms with Crippen LogP contribution in [0.15, 0.2) is 42.5 Å². The molecule has 0 unspecified atom stereocenters. The maximum atomic E-state index is 11.4.